The summed E-state index contributed by atoms with van der Waals surface area (Å²) in [5, 5.41) is 0. The van der Waals surface area contributed by atoms with Crippen molar-refractivity contribution in [3.8, 4) is 0 Å². The predicted molar refractivity (Wildman–Crippen MR) is 62.7 cm³/mol. The van der Waals surface area contributed by atoms with E-state index in [1.165, 1.54) is 44.5 Å². The van der Waals surface area contributed by atoms with Crippen molar-refractivity contribution < 1.29 is 4.48 Å². The molecule has 0 aromatic carbocycles. The summed E-state index contributed by atoms with van der Waals surface area (Å²) in [6.07, 6.45) is 12.1. The summed E-state index contributed by atoms with van der Waals surface area (Å²) in [5.74, 6) is 0. The second kappa shape index (κ2) is 5.35. The molecule has 0 fully saturated rings. The van der Waals surface area contributed by atoms with E-state index in [-0.39, 0.29) is 0 Å². The average Bonchev–Trinajstić information content (AvgIpc) is 2.55. The lowest BCUT2D eigenvalue weighted by molar-refractivity contribution is -0.839. The summed E-state index contributed by atoms with van der Waals surface area (Å²) in [6, 6.07) is 0. The van der Waals surface area contributed by atoms with Gasteiger partial charge in [-0.05, 0) is 25.0 Å². The maximum atomic E-state index is 2.38. The van der Waals surface area contributed by atoms with E-state index in [1.54, 1.807) is 0 Å². The second-order valence-corrected chi connectivity index (χ2v) is 4.34. The van der Waals surface area contributed by atoms with Crippen LogP contribution >= 0.6 is 0 Å². The molecule has 0 saturated heterocycles. The maximum absolute atomic E-state index is 2.38. The van der Waals surface area contributed by atoms with E-state index in [9.17, 15) is 0 Å². The fourth-order valence-electron chi connectivity index (χ4n) is 2.11. The van der Waals surface area contributed by atoms with E-state index in [2.05, 4.69) is 39.1 Å². The Kier molecular flexibility index (Phi) is 4.40. The molecule has 0 aliphatic carbocycles. The lowest BCUT2D eigenvalue weighted by atomic mass is 10.2. The molecule has 0 amide bonds. The van der Waals surface area contributed by atoms with Crippen molar-refractivity contribution in [3.63, 3.8) is 0 Å². The van der Waals surface area contributed by atoms with Crippen LogP contribution in [0.2, 0.25) is 0 Å². The van der Waals surface area contributed by atoms with Crippen molar-refractivity contribution in [2.75, 3.05) is 13.1 Å². The molecule has 0 N–H and O–H groups in total. The molecule has 1 heterocycles. The van der Waals surface area contributed by atoms with Crippen LogP contribution in [0.3, 0.4) is 0 Å². The van der Waals surface area contributed by atoms with Gasteiger partial charge in [-0.15, -0.1) is 0 Å². The van der Waals surface area contributed by atoms with Crippen molar-refractivity contribution in [1.29, 1.82) is 0 Å². The molecule has 0 spiro atoms. The van der Waals surface area contributed by atoms with Crippen LogP contribution in [0.5, 0.6) is 0 Å². The fourth-order valence-corrected chi connectivity index (χ4v) is 2.11. The van der Waals surface area contributed by atoms with Crippen molar-refractivity contribution in [1.82, 2.24) is 0 Å². The van der Waals surface area contributed by atoms with Gasteiger partial charge in [0, 0.05) is 6.92 Å². The highest BCUT2D eigenvalue weighted by Crippen LogP contribution is 2.26. The third-order valence-corrected chi connectivity index (χ3v) is 3.23. The van der Waals surface area contributed by atoms with Crippen LogP contribution in [-0.4, -0.2) is 17.6 Å². The molecule has 0 saturated carbocycles. The summed E-state index contributed by atoms with van der Waals surface area (Å²) < 4.78 is 1.13. The van der Waals surface area contributed by atoms with Crippen molar-refractivity contribution in [3.05, 3.63) is 24.0 Å². The molecule has 14 heavy (non-hydrogen) atoms. The molecule has 0 aromatic heterocycles. The van der Waals surface area contributed by atoms with Gasteiger partial charge >= 0.3 is 0 Å². The van der Waals surface area contributed by atoms with E-state index < -0.39 is 0 Å². The summed E-state index contributed by atoms with van der Waals surface area (Å²) in [4.78, 5) is 0. The van der Waals surface area contributed by atoms with Gasteiger partial charge in [0.05, 0.1) is 13.1 Å². The molecular formula is C13H24N+. The fraction of sp³-hybridized carbons (Fsp3) is 0.692. The van der Waals surface area contributed by atoms with Gasteiger partial charge in [-0.1, -0.05) is 26.7 Å². The number of rotatable bonds is 6. The molecular weight excluding hydrogens is 170 g/mol. The number of allylic oxidation sites excluding steroid dienone is 3. The number of unbranched alkanes of at least 4 members (excludes halogenated alkanes) is 2. The van der Waals surface area contributed by atoms with Crippen LogP contribution in [0.1, 0.15) is 46.5 Å². The lowest BCUT2D eigenvalue weighted by Gasteiger charge is -2.33. The number of nitrogens with zero attached hydrogens (tertiary/aromatic N) is 1. The third kappa shape index (κ3) is 2.48. The first-order valence-corrected chi connectivity index (χ1v) is 5.98. The maximum Gasteiger partial charge on any atom is 0.110 e. The average molecular weight is 194 g/mol. The van der Waals surface area contributed by atoms with Crippen LogP contribution in [0.15, 0.2) is 24.0 Å². The minimum absolute atomic E-state index is 1.13. The Bertz CT molecular complexity index is 217. The van der Waals surface area contributed by atoms with Crippen LogP contribution < -0.4 is 0 Å². The first-order valence-electron chi connectivity index (χ1n) is 5.98. The van der Waals surface area contributed by atoms with E-state index in [0.717, 1.165) is 4.48 Å². The highest BCUT2D eigenvalue weighted by molar-refractivity contribution is 5.11. The summed E-state index contributed by atoms with van der Waals surface area (Å²) in [5.41, 5.74) is 1.52. The van der Waals surface area contributed by atoms with Gasteiger partial charge in [-0.3, -0.25) is 4.48 Å². The van der Waals surface area contributed by atoms with Gasteiger partial charge in [0.15, 0.2) is 0 Å². The molecule has 1 aliphatic rings. The van der Waals surface area contributed by atoms with Gasteiger partial charge in [0.1, 0.15) is 11.9 Å². The van der Waals surface area contributed by atoms with Crippen LogP contribution in [0.25, 0.3) is 0 Å². The zero-order valence-corrected chi connectivity index (χ0v) is 9.92. The first-order chi connectivity index (χ1) is 6.75. The highest BCUT2D eigenvalue weighted by Gasteiger charge is 2.28. The number of quaternary nitrogens is 1. The smallest absolute Gasteiger partial charge is 0.110 e. The van der Waals surface area contributed by atoms with Gasteiger partial charge in [-0.25, -0.2) is 0 Å². The molecule has 1 aliphatic heterocycles. The van der Waals surface area contributed by atoms with Gasteiger partial charge in [0.25, 0.3) is 0 Å². The van der Waals surface area contributed by atoms with Crippen LogP contribution in [-0.2, 0) is 0 Å². The molecule has 0 unspecified atom stereocenters. The molecule has 0 radical (unpaired) electrons. The molecule has 0 aromatic rings. The Labute approximate surface area is 88.7 Å². The Morgan fingerprint density at radius 1 is 1.07 bits per heavy atom. The molecule has 80 valence electrons. The zero-order valence-electron chi connectivity index (χ0n) is 9.92. The minimum Gasteiger partial charge on any atom is -0.269 e. The minimum atomic E-state index is 1.13. The molecule has 0 atom stereocenters. The van der Waals surface area contributed by atoms with E-state index in [1.807, 2.05) is 0 Å². The number of hydrogen-bond donors (Lipinski definition) is 0. The lowest BCUT2D eigenvalue weighted by Crippen LogP contribution is -2.41. The van der Waals surface area contributed by atoms with Gasteiger partial charge in [0.2, 0.25) is 0 Å². The van der Waals surface area contributed by atoms with Crippen LogP contribution in [0.4, 0.5) is 0 Å². The largest absolute Gasteiger partial charge is 0.269 e. The normalized spacial score (nSPS) is 18.6. The summed E-state index contributed by atoms with van der Waals surface area (Å²) in [6.45, 7) is 9.39. The summed E-state index contributed by atoms with van der Waals surface area (Å²) >= 11 is 0. The SMILES string of the molecule is CCCC[N+]1(CCCC)C=CC=C1C. The molecule has 1 heteroatoms. The van der Waals surface area contributed by atoms with Crippen molar-refractivity contribution in [2.45, 2.75) is 46.5 Å². The Morgan fingerprint density at radius 3 is 2.00 bits per heavy atom. The van der Waals surface area contributed by atoms with Crippen molar-refractivity contribution in [2.24, 2.45) is 0 Å². The molecule has 1 rings (SSSR count). The Morgan fingerprint density at radius 2 is 1.64 bits per heavy atom. The van der Waals surface area contributed by atoms with Gasteiger partial charge < -0.3 is 0 Å². The van der Waals surface area contributed by atoms with E-state index in [0.29, 0.717) is 0 Å². The summed E-state index contributed by atoms with van der Waals surface area (Å²) in [7, 11) is 0. The highest BCUT2D eigenvalue weighted by atomic mass is 15.4. The Balaban J connectivity index is 2.60. The number of hydrogen-bond acceptors (Lipinski definition) is 0. The van der Waals surface area contributed by atoms with Crippen LogP contribution in [0, 0.1) is 0 Å². The predicted octanol–water partition coefficient (Wildman–Crippen LogP) is 3.83. The molecule has 1 nitrogen and oxygen atoms in total. The second-order valence-electron chi connectivity index (χ2n) is 4.34. The quantitative estimate of drug-likeness (QED) is 0.564. The Hall–Kier alpha value is -0.560. The molecule has 0 bridgehead atoms. The zero-order chi connectivity index (χ0) is 10.4. The first kappa shape index (κ1) is 11.5. The standard InChI is InChI=1S/C13H24N/c1-4-6-10-14(11-7-5-2)12-8-9-13(14)3/h8-9,12H,4-7,10-11H2,1-3H3/q+1. The topological polar surface area (TPSA) is 0 Å². The monoisotopic (exact) mass is 194 g/mol. The van der Waals surface area contributed by atoms with Crippen molar-refractivity contribution >= 4 is 0 Å². The third-order valence-electron chi connectivity index (χ3n) is 3.23. The van der Waals surface area contributed by atoms with E-state index >= 15 is 0 Å². The van der Waals surface area contributed by atoms with Gasteiger partial charge in [-0.2, -0.15) is 0 Å². The van der Waals surface area contributed by atoms with E-state index in [4.69, 9.17) is 0 Å².